The molecule has 0 aliphatic heterocycles. The number of benzene rings is 1. The molecule has 106 valence electrons. The van der Waals surface area contributed by atoms with Gasteiger partial charge in [-0.25, -0.2) is 4.39 Å². The normalized spacial score (nSPS) is 10.8. The topological polar surface area (TPSA) is 34.1 Å². The second-order valence-corrected chi connectivity index (χ2v) is 4.98. The van der Waals surface area contributed by atoms with Crippen LogP contribution in [0.15, 0.2) is 36.5 Å². The average molecular weight is 274 g/mol. The molecule has 3 nitrogen and oxygen atoms in total. The molecule has 0 spiro atoms. The second kappa shape index (κ2) is 6.48. The fourth-order valence-corrected chi connectivity index (χ4v) is 1.80. The smallest absolute Gasteiger partial charge is 0.148 e. The van der Waals surface area contributed by atoms with Crippen molar-refractivity contribution in [1.82, 2.24) is 10.3 Å². The lowest BCUT2D eigenvalue weighted by Gasteiger charge is -2.14. The van der Waals surface area contributed by atoms with E-state index in [1.165, 1.54) is 12.1 Å². The minimum Gasteiger partial charge on any atom is -0.455 e. The van der Waals surface area contributed by atoms with Crippen molar-refractivity contribution in [1.29, 1.82) is 0 Å². The molecule has 0 atom stereocenters. The summed E-state index contributed by atoms with van der Waals surface area (Å²) in [7, 11) is 0. The maximum atomic E-state index is 13.4. The summed E-state index contributed by atoms with van der Waals surface area (Å²) in [5.74, 6) is 1.07. The van der Waals surface area contributed by atoms with E-state index in [4.69, 9.17) is 4.74 Å². The van der Waals surface area contributed by atoms with E-state index >= 15 is 0 Å². The number of halogens is 1. The highest BCUT2D eigenvalue weighted by atomic mass is 19.1. The minimum absolute atomic E-state index is 0.263. The number of nitrogens with zero attached hydrogens (tertiary/aromatic N) is 1. The molecule has 2 rings (SSSR count). The molecule has 0 radical (unpaired) electrons. The number of aromatic nitrogens is 1. The maximum Gasteiger partial charge on any atom is 0.148 e. The van der Waals surface area contributed by atoms with Gasteiger partial charge in [0.05, 0.1) is 5.69 Å². The number of pyridine rings is 1. The van der Waals surface area contributed by atoms with Crippen molar-refractivity contribution in [3.63, 3.8) is 0 Å². The van der Waals surface area contributed by atoms with E-state index in [0.717, 1.165) is 11.3 Å². The maximum absolute atomic E-state index is 13.4. The zero-order chi connectivity index (χ0) is 14.5. The summed E-state index contributed by atoms with van der Waals surface area (Å²) in [6.07, 6.45) is 1.72. The Balaban J connectivity index is 2.24. The van der Waals surface area contributed by atoms with Crippen molar-refractivity contribution in [2.24, 2.45) is 0 Å². The Bertz CT molecular complexity index is 584. The van der Waals surface area contributed by atoms with E-state index in [9.17, 15) is 4.39 Å². The Kier molecular flexibility index (Phi) is 4.69. The molecular formula is C16H19FN2O. The van der Waals surface area contributed by atoms with Gasteiger partial charge >= 0.3 is 0 Å². The quantitative estimate of drug-likeness (QED) is 0.900. The summed E-state index contributed by atoms with van der Waals surface area (Å²) in [6, 6.07) is 8.55. The standard InChI is InChI=1S/C16H19FN2O/c1-11(2)19-10-13-9-14(17)6-7-16(13)20-15-5-4-8-18-12(15)3/h4-9,11,19H,10H2,1-3H3. The molecule has 1 heterocycles. The van der Waals surface area contributed by atoms with E-state index in [2.05, 4.69) is 10.3 Å². The first-order chi connectivity index (χ1) is 9.56. The third-order valence-electron chi connectivity index (χ3n) is 2.90. The van der Waals surface area contributed by atoms with Crippen LogP contribution >= 0.6 is 0 Å². The average Bonchev–Trinajstić information content (AvgIpc) is 2.41. The van der Waals surface area contributed by atoms with Crippen molar-refractivity contribution in [2.75, 3.05) is 0 Å². The molecule has 4 heteroatoms. The highest BCUT2D eigenvalue weighted by Crippen LogP contribution is 2.27. The van der Waals surface area contributed by atoms with Gasteiger partial charge in [0.25, 0.3) is 0 Å². The molecule has 0 aliphatic rings. The summed E-state index contributed by atoms with van der Waals surface area (Å²) in [5, 5.41) is 3.27. The molecule has 0 aliphatic carbocycles. The molecule has 0 bridgehead atoms. The molecule has 1 N–H and O–H groups in total. The second-order valence-electron chi connectivity index (χ2n) is 4.98. The third-order valence-corrected chi connectivity index (χ3v) is 2.90. The molecule has 0 unspecified atom stereocenters. The Morgan fingerprint density at radius 2 is 2.05 bits per heavy atom. The summed E-state index contributed by atoms with van der Waals surface area (Å²) >= 11 is 0. The molecule has 0 saturated carbocycles. The lowest BCUT2D eigenvalue weighted by molar-refractivity contribution is 0.460. The lowest BCUT2D eigenvalue weighted by Crippen LogP contribution is -2.22. The Morgan fingerprint density at radius 3 is 2.75 bits per heavy atom. The number of nitrogens with one attached hydrogen (secondary N) is 1. The van der Waals surface area contributed by atoms with Crippen LogP contribution in [0.5, 0.6) is 11.5 Å². The fraction of sp³-hybridized carbons (Fsp3) is 0.312. The highest BCUT2D eigenvalue weighted by Gasteiger charge is 2.09. The van der Waals surface area contributed by atoms with Crippen molar-refractivity contribution in [2.45, 2.75) is 33.4 Å². The molecule has 1 aromatic carbocycles. The molecule has 20 heavy (non-hydrogen) atoms. The van der Waals surface area contributed by atoms with Crippen LogP contribution in [0.3, 0.4) is 0 Å². The van der Waals surface area contributed by atoms with Gasteiger partial charge in [0.15, 0.2) is 0 Å². The van der Waals surface area contributed by atoms with Crippen LogP contribution in [-0.2, 0) is 6.54 Å². The minimum atomic E-state index is -0.263. The summed E-state index contributed by atoms with van der Waals surface area (Å²) in [4.78, 5) is 4.18. The van der Waals surface area contributed by atoms with Gasteiger partial charge in [-0.2, -0.15) is 0 Å². The van der Waals surface area contributed by atoms with Crippen molar-refractivity contribution >= 4 is 0 Å². The van der Waals surface area contributed by atoms with Gasteiger partial charge in [-0.1, -0.05) is 13.8 Å². The van der Waals surface area contributed by atoms with Gasteiger partial charge in [0.1, 0.15) is 17.3 Å². The van der Waals surface area contributed by atoms with E-state index in [1.807, 2.05) is 32.9 Å². The monoisotopic (exact) mass is 274 g/mol. The lowest BCUT2D eigenvalue weighted by atomic mass is 10.2. The van der Waals surface area contributed by atoms with Gasteiger partial charge in [0, 0.05) is 24.3 Å². The summed E-state index contributed by atoms with van der Waals surface area (Å²) in [6.45, 7) is 6.53. The molecule has 1 aromatic heterocycles. The van der Waals surface area contributed by atoms with Gasteiger partial charge in [-0.3, -0.25) is 4.98 Å². The summed E-state index contributed by atoms with van der Waals surface area (Å²) < 4.78 is 19.3. The third kappa shape index (κ3) is 3.78. The number of hydrogen-bond donors (Lipinski definition) is 1. The predicted molar refractivity (Wildman–Crippen MR) is 77.4 cm³/mol. The Hall–Kier alpha value is -1.94. The fourth-order valence-electron chi connectivity index (χ4n) is 1.80. The first-order valence-electron chi connectivity index (χ1n) is 6.67. The van der Waals surface area contributed by atoms with Crippen LogP contribution in [-0.4, -0.2) is 11.0 Å². The molecule has 2 aromatic rings. The van der Waals surface area contributed by atoms with Crippen LogP contribution in [0.4, 0.5) is 4.39 Å². The first-order valence-corrected chi connectivity index (χ1v) is 6.67. The van der Waals surface area contributed by atoms with Crippen molar-refractivity contribution in [3.8, 4) is 11.5 Å². The van der Waals surface area contributed by atoms with Gasteiger partial charge in [-0.15, -0.1) is 0 Å². The van der Waals surface area contributed by atoms with Gasteiger partial charge in [0.2, 0.25) is 0 Å². The van der Waals surface area contributed by atoms with E-state index < -0.39 is 0 Å². The van der Waals surface area contributed by atoms with Crippen molar-refractivity contribution < 1.29 is 9.13 Å². The van der Waals surface area contributed by atoms with Gasteiger partial charge < -0.3 is 10.1 Å². The Labute approximate surface area is 118 Å². The molecule has 0 saturated heterocycles. The van der Waals surface area contributed by atoms with Crippen LogP contribution in [0.25, 0.3) is 0 Å². The van der Waals surface area contributed by atoms with E-state index in [1.54, 1.807) is 12.3 Å². The van der Waals surface area contributed by atoms with Crippen LogP contribution in [0.1, 0.15) is 25.1 Å². The summed E-state index contributed by atoms with van der Waals surface area (Å²) in [5.41, 5.74) is 1.60. The molecule has 0 fully saturated rings. The van der Waals surface area contributed by atoms with Gasteiger partial charge in [-0.05, 0) is 37.3 Å². The largest absolute Gasteiger partial charge is 0.455 e. The zero-order valence-electron chi connectivity index (χ0n) is 12.0. The van der Waals surface area contributed by atoms with E-state index in [0.29, 0.717) is 24.1 Å². The van der Waals surface area contributed by atoms with Crippen LogP contribution in [0.2, 0.25) is 0 Å². The van der Waals surface area contributed by atoms with Crippen LogP contribution < -0.4 is 10.1 Å². The number of aryl methyl sites for hydroxylation is 1. The van der Waals surface area contributed by atoms with Crippen molar-refractivity contribution in [3.05, 3.63) is 53.6 Å². The van der Waals surface area contributed by atoms with Crippen LogP contribution in [0, 0.1) is 12.7 Å². The number of rotatable bonds is 5. The highest BCUT2D eigenvalue weighted by molar-refractivity contribution is 5.39. The SMILES string of the molecule is Cc1ncccc1Oc1ccc(F)cc1CNC(C)C. The molecule has 0 amide bonds. The molecular weight excluding hydrogens is 255 g/mol. The Morgan fingerprint density at radius 1 is 1.25 bits per heavy atom. The number of hydrogen-bond acceptors (Lipinski definition) is 3. The predicted octanol–water partition coefficient (Wildman–Crippen LogP) is 3.82. The number of ether oxygens (including phenoxy) is 1. The van der Waals surface area contributed by atoms with E-state index in [-0.39, 0.29) is 5.82 Å². The first kappa shape index (κ1) is 14.5. The zero-order valence-corrected chi connectivity index (χ0v) is 12.0.